The number of nitrogens with one attached hydrogen (secondary N) is 5. The molecule has 1 atom stereocenters. The molecule has 5 N–H and O–H groups in total. The van der Waals surface area contributed by atoms with Crippen molar-refractivity contribution in [2.75, 3.05) is 60.8 Å². The molecule has 1 unspecified atom stereocenters. The molecule has 1 saturated heterocycles. The Morgan fingerprint density at radius 2 is 1.69 bits per heavy atom. The molecule has 3 aliphatic rings. The summed E-state index contributed by atoms with van der Waals surface area (Å²) >= 11 is 3.51. The highest BCUT2D eigenvalue weighted by Gasteiger charge is 2.41. The minimum Gasteiger partial charge on any atom is -0.495 e. The second kappa shape index (κ2) is 21.9. The lowest BCUT2D eigenvalue weighted by atomic mass is 9.91. The lowest BCUT2D eigenvalue weighted by Gasteiger charge is -2.29. The van der Waals surface area contributed by atoms with E-state index in [1.54, 1.807) is 61.7 Å². The molecule has 17 nitrogen and oxygen atoms in total. The highest BCUT2D eigenvalue weighted by atomic mass is 79.9. The van der Waals surface area contributed by atoms with E-state index in [-0.39, 0.29) is 48.9 Å². The second-order valence-corrected chi connectivity index (χ2v) is 18.7. The van der Waals surface area contributed by atoms with Crippen LogP contribution in [0.1, 0.15) is 103 Å². The van der Waals surface area contributed by atoms with Crippen molar-refractivity contribution in [2.45, 2.75) is 90.8 Å². The van der Waals surface area contributed by atoms with Gasteiger partial charge in [0.05, 0.1) is 24.4 Å². The Balaban J connectivity index is 0.789. The van der Waals surface area contributed by atoms with Crippen molar-refractivity contribution >= 4 is 80.2 Å². The molecule has 4 heterocycles. The van der Waals surface area contributed by atoms with E-state index in [1.165, 1.54) is 4.90 Å². The van der Waals surface area contributed by atoms with Crippen LogP contribution in [0.3, 0.4) is 0 Å². The molecule has 0 saturated carbocycles. The van der Waals surface area contributed by atoms with Crippen LogP contribution in [0.25, 0.3) is 0 Å². The highest BCUT2D eigenvalue weighted by Crippen LogP contribution is 2.38. The minimum atomic E-state index is -0.708. The first-order valence-electron chi connectivity index (χ1n) is 22.9. The van der Waals surface area contributed by atoms with Gasteiger partial charge in [0.1, 0.15) is 17.5 Å². The molecule has 3 aromatic carbocycles. The van der Waals surface area contributed by atoms with Gasteiger partial charge in [-0.3, -0.25) is 34.1 Å². The molecule has 0 bridgehead atoms. The summed E-state index contributed by atoms with van der Waals surface area (Å²) in [6, 6.07) is 17.7. The first kappa shape index (κ1) is 48.5. The molecule has 3 aliphatic heterocycles. The number of benzene rings is 3. The number of nitrogens with zero attached hydrogens (tertiary/aromatic N) is 5. The molecule has 1 fully saturated rings. The number of ether oxygens (including phenoxy) is 1. The summed E-state index contributed by atoms with van der Waals surface area (Å²) in [5.74, 6) is -0.0282. The van der Waals surface area contributed by atoms with Gasteiger partial charge in [-0.2, -0.15) is 4.98 Å². The van der Waals surface area contributed by atoms with Gasteiger partial charge in [-0.1, -0.05) is 53.4 Å². The van der Waals surface area contributed by atoms with Gasteiger partial charge in [-0.15, -0.1) is 0 Å². The van der Waals surface area contributed by atoms with Gasteiger partial charge in [0, 0.05) is 72.9 Å². The van der Waals surface area contributed by atoms with Crippen molar-refractivity contribution in [1.82, 2.24) is 30.8 Å². The van der Waals surface area contributed by atoms with Crippen LogP contribution in [0.2, 0.25) is 0 Å². The van der Waals surface area contributed by atoms with Crippen LogP contribution in [0, 0.1) is 5.41 Å². The average molecular weight is 980 g/mol. The number of unbranched alkanes of at least 4 members (excludes halogenated alkanes) is 4. The van der Waals surface area contributed by atoms with E-state index in [1.807, 2.05) is 38.1 Å². The lowest BCUT2D eigenvalue weighted by Crippen LogP contribution is -2.52. The number of imide groups is 1. The molecular formula is C49H59BrN10O7. The molecule has 67 heavy (non-hydrogen) atoms. The number of hydrogen-bond acceptors (Lipinski definition) is 12. The van der Waals surface area contributed by atoms with Crippen LogP contribution in [-0.4, -0.2) is 96.7 Å². The largest absolute Gasteiger partial charge is 0.495 e. The number of aromatic nitrogens is 2. The van der Waals surface area contributed by atoms with Crippen LogP contribution >= 0.6 is 15.9 Å². The van der Waals surface area contributed by atoms with Gasteiger partial charge < -0.3 is 40.7 Å². The summed E-state index contributed by atoms with van der Waals surface area (Å²) in [5.41, 5.74) is 3.78. The predicted molar refractivity (Wildman–Crippen MR) is 259 cm³/mol. The number of carbonyl (C=O) groups is 6. The first-order valence-corrected chi connectivity index (χ1v) is 23.7. The Hall–Kier alpha value is -6.40. The smallest absolute Gasteiger partial charge is 0.255 e. The molecule has 4 aromatic rings. The topological polar surface area (TPSA) is 207 Å². The molecule has 6 amide bonds. The highest BCUT2D eigenvalue weighted by molar-refractivity contribution is 9.10. The summed E-state index contributed by atoms with van der Waals surface area (Å²) in [7, 11) is 3.29. The lowest BCUT2D eigenvalue weighted by molar-refractivity contribution is -0.137. The van der Waals surface area contributed by atoms with E-state index in [9.17, 15) is 28.8 Å². The molecule has 1 aromatic heterocycles. The van der Waals surface area contributed by atoms with Gasteiger partial charge in [-0.25, -0.2) is 4.98 Å². The molecular weight excluding hydrogens is 921 g/mol. The van der Waals surface area contributed by atoms with Crippen LogP contribution in [0.15, 0.2) is 71.3 Å². The monoisotopic (exact) mass is 978 g/mol. The number of methoxy groups -OCH3 is 1. The third kappa shape index (κ3) is 12.0. The van der Waals surface area contributed by atoms with E-state index in [4.69, 9.17) is 9.72 Å². The number of hydrogen-bond donors (Lipinski definition) is 5. The minimum absolute atomic E-state index is 0.0236. The summed E-state index contributed by atoms with van der Waals surface area (Å²) < 4.78 is 6.66. The molecule has 7 rings (SSSR count). The number of piperidine rings is 1. The number of rotatable bonds is 20. The molecule has 18 heteroatoms. The molecule has 0 aliphatic carbocycles. The van der Waals surface area contributed by atoms with Crippen molar-refractivity contribution in [3.05, 3.63) is 93.6 Å². The van der Waals surface area contributed by atoms with E-state index in [0.717, 1.165) is 61.7 Å². The van der Waals surface area contributed by atoms with Gasteiger partial charge in [0.15, 0.2) is 5.82 Å². The third-order valence-corrected chi connectivity index (χ3v) is 12.8. The second-order valence-electron chi connectivity index (χ2n) is 17.8. The van der Waals surface area contributed by atoms with Gasteiger partial charge in [0.25, 0.3) is 11.8 Å². The van der Waals surface area contributed by atoms with Crippen LogP contribution in [0.4, 0.5) is 28.8 Å². The van der Waals surface area contributed by atoms with E-state index >= 15 is 0 Å². The van der Waals surface area contributed by atoms with Crippen LogP contribution < -0.4 is 41.1 Å². The number of amides is 6. The average Bonchev–Trinajstić information content (AvgIpc) is 3.62. The van der Waals surface area contributed by atoms with E-state index < -0.39 is 17.4 Å². The van der Waals surface area contributed by atoms with E-state index in [2.05, 4.69) is 52.4 Å². The Bertz CT molecular complexity index is 2500. The summed E-state index contributed by atoms with van der Waals surface area (Å²) in [5, 5.41) is 15.0. The van der Waals surface area contributed by atoms with Crippen LogP contribution in [0.5, 0.6) is 5.75 Å². The summed E-state index contributed by atoms with van der Waals surface area (Å²) in [4.78, 5) is 91.1. The van der Waals surface area contributed by atoms with Gasteiger partial charge in [0.2, 0.25) is 29.6 Å². The maximum Gasteiger partial charge on any atom is 0.255 e. The zero-order valence-electron chi connectivity index (χ0n) is 38.5. The first-order chi connectivity index (χ1) is 32.2. The van der Waals surface area contributed by atoms with Crippen molar-refractivity contribution in [2.24, 2.45) is 5.41 Å². The Labute approximate surface area is 399 Å². The fraction of sp³-hybridized carbons (Fsp3) is 0.429. The fourth-order valence-electron chi connectivity index (χ4n) is 8.70. The van der Waals surface area contributed by atoms with Crippen molar-refractivity contribution in [3.63, 3.8) is 0 Å². The maximum atomic E-state index is 13.4. The van der Waals surface area contributed by atoms with Crippen LogP contribution in [-0.2, 0) is 32.3 Å². The zero-order chi connectivity index (χ0) is 47.7. The summed E-state index contributed by atoms with van der Waals surface area (Å²) in [6.45, 7) is 7.20. The predicted octanol–water partition coefficient (Wildman–Crippen LogP) is 6.45. The molecule has 0 spiro atoms. The molecule has 354 valence electrons. The van der Waals surface area contributed by atoms with Gasteiger partial charge >= 0.3 is 0 Å². The number of anilines is 5. The number of halogens is 1. The fourth-order valence-corrected chi connectivity index (χ4v) is 8.96. The standard InChI is InChI=1S/C49H59BrN10O7/c1-49(2)30-59(28-31-15-18-33(50)19-16-31)43-39(58(3)47(49)66)27-53-48(57-43)55-37-20-17-32(26-40(37)67-4)44(63)52-25-11-24-51-23-9-7-5-6-8-14-41(61)54-36-13-10-12-34-35(36)29-60(46(34)65)38-21-22-42(62)56-45(38)64/h10,12-13,15-20,26-27,38,51H,5-9,11,14,21-25,28-30H2,1-4H3,(H,52,63)(H,54,61)(H,53,55,57)(H,56,62,64). The Kier molecular flexibility index (Phi) is 15.9. The van der Waals surface area contributed by atoms with E-state index in [0.29, 0.717) is 77.3 Å². The Morgan fingerprint density at radius 1 is 0.925 bits per heavy atom. The maximum absolute atomic E-state index is 13.4. The quantitative estimate of drug-likeness (QED) is 0.0479. The zero-order valence-corrected chi connectivity index (χ0v) is 40.1. The van der Waals surface area contributed by atoms with Gasteiger partial charge in [-0.05, 0) is 101 Å². The third-order valence-electron chi connectivity index (χ3n) is 12.3. The number of carbonyl (C=O) groups excluding carboxylic acids is 6. The van der Waals surface area contributed by atoms with Crippen molar-refractivity contribution in [3.8, 4) is 5.75 Å². The van der Waals surface area contributed by atoms with Crippen molar-refractivity contribution in [1.29, 1.82) is 0 Å². The number of fused-ring (bicyclic) bond motifs is 2. The van der Waals surface area contributed by atoms with Crippen molar-refractivity contribution < 1.29 is 33.5 Å². The molecule has 0 radical (unpaired) electrons. The Morgan fingerprint density at radius 3 is 2.46 bits per heavy atom. The normalized spacial score (nSPS) is 16.6. The SMILES string of the molecule is COc1cc(C(=O)NCCCNCCCCCCCC(=O)Nc2cccc3c2CN(C2CCC(=O)NC2=O)C3=O)ccc1Nc1ncc2c(n1)N(Cc1ccc(Br)cc1)CC(C)(C)C(=O)N2C. The summed E-state index contributed by atoms with van der Waals surface area (Å²) in [6.07, 6.45) is 7.95.